The molecule has 1 aromatic heterocycles. The molecule has 6 heteroatoms. The first-order valence-electron chi connectivity index (χ1n) is 6.62. The van der Waals surface area contributed by atoms with Gasteiger partial charge in [-0.05, 0) is 30.2 Å². The van der Waals surface area contributed by atoms with Gasteiger partial charge in [0.1, 0.15) is 0 Å². The van der Waals surface area contributed by atoms with E-state index in [1.165, 1.54) is 16.6 Å². The van der Waals surface area contributed by atoms with Crippen LogP contribution in [0.2, 0.25) is 0 Å². The first kappa shape index (κ1) is 15.6. The molecule has 1 heterocycles. The number of rotatable bonds is 5. The van der Waals surface area contributed by atoms with Gasteiger partial charge in [-0.15, -0.1) is 0 Å². The maximum atomic E-state index is 13.7. The Bertz CT molecular complexity index is 732. The van der Waals surface area contributed by atoms with Crippen LogP contribution in [0, 0.1) is 12.7 Å². The molecule has 1 aromatic carbocycles. The maximum Gasteiger partial charge on any atom is 0.263 e. The minimum atomic E-state index is -3.95. The lowest BCUT2D eigenvalue weighted by Crippen LogP contribution is -2.32. The summed E-state index contributed by atoms with van der Waals surface area (Å²) in [6.07, 6.45) is 1.28. The van der Waals surface area contributed by atoms with Crippen LogP contribution in [-0.2, 0) is 16.6 Å². The molecule has 0 saturated heterocycles. The van der Waals surface area contributed by atoms with Gasteiger partial charge in [0.2, 0.25) is 5.03 Å². The van der Waals surface area contributed by atoms with Gasteiger partial charge in [0, 0.05) is 19.3 Å². The summed E-state index contributed by atoms with van der Waals surface area (Å²) >= 11 is 0. The van der Waals surface area contributed by atoms with Crippen LogP contribution >= 0.6 is 0 Å². The average molecular weight is 308 g/mol. The third-order valence-corrected chi connectivity index (χ3v) is 5.13. The van der Waals surface area contributed by atoms with E-state index in [-0.39, 0.29) is 13.1 Å². The van der Waals surface area contributed by atoms with Crippen molar-refractivity contribution in [3.63, 3.8) is 0 Å². The number of benzene rings is 1. The number of aryl methyl sites for hydroxylation is 1. The zero-order chi connectivity index (χ0) is 15.5. The molecule has 0 aliphatic rings. The lowest BCUT2D eigenvalue weighted by Gasteiger charge is -2.21. The van der Waals surface area contributed by atoms with Crippen molar-refractivity contribution in [1.82, 2.24) is 9.29 Å². The van der Waals surface area contributed by atoms with Gasteiger partial charge in [0.15, 0.2) is 5.82 Å². The summed E-state index contributed by atoms with van der Waals surface area (Å²) in [5.41, 5.74) is 1.88. The van der Waals surface area contributed by atoms with Crippen LogP contribution in [0.15, 0.2) is 47.6 Å². The van der Waals surface area contributed by atoms with Crippen molar-refractivity contribution >= 4 is 10.0 Å². The molecule has 2 aromatic rings. The first-order chi connectivity index (χ1) is 9.96. The van der Waals surface area contributed by atoms with Gasteiger partial charge in [0.25, 0.3) is 10.0 Å². The summed E-state index contributed by atoms with van der Waals surface area (Å²) in [6.45, 7) is 4.07. The van der Waals surface area contributed by atoms with Gasteiger partial charge in [-0.25, -0.2) is 17.8 Å². The Morgan fingerprint density at radius 3 is 2.52 bits per heavy atom. The van der Waals surface area contributed by atoms with Gasteiger partial charge in [-0.1, -0.05) is 31.2 Å². The van der Waals surface area contributed by atoms with E-state index in [2.05, 4.69) is 4.98 Å². The van der Waals surface area contributed by atoms with Gasteiger partial charge < -0.3 is 0 Å². The molecule has 0 unspecified atom stereocenters. The average Bonchev–Trinajstić information content (AvgIpc) is 2.46. The molecule has 0 aliphatic heterocycles. The number of halogens is 1. The molecule has 0 atom stereocenters. The van der Waals surface area contributed by atoms with E-state index in [1.807, 2.05) is 31.2 Å². The van der Waals surface area contributed by atoms with E-state index in [4.69, 9.17) is 0 Å². The summed E-state index contributed by atoms with van der Waals surface area (Å²) in [6, 6.07) is 9.99. The first-order valence-corrected chi connectivity index (χ1v) is 8.06. The smallest absolute Gasteiger partial charge is 0.241 e. The Morgan fingerprint density at radius 2 is 1.90 bits per heavy atom. The molecular formula is C15H17FN2O2S. The molecule has 0 amide bonds. The quantitative estimate of drug-likeness (QED) is 0.853. The van der Waals surface area contributed by atoms with Crippen LogP contribution in [0.1, 0.15) is 18.1 Å². The molecule has 0 bridgehead atoms. The lowest BCUT2D eigenvalue weighted by atomic mass is 10.1. The fraction of sp³-hybridized carbons (Fsp3) is 0.267. The van der Waals surface area contributed by atoms with Crippen molar-refractivity contribution in [2.75, 3.05) is 6.54 Å². The Morgan fingerprint density at radius 1 is 1.19 bits per heavy atom. The summed E-state index contributed by atoms with van der Waals surface area (Å²) in [5.74, 6) is -0.833. The van der Waals surface area contributed by atoms with Crippen LogP contribution < -0.4 is 0 Å². The van der Waals surface area contributed by atoms with E-state index in [1.54, 1.807) is 6.92 Å². The van der Waals surface area contributed by atoms with Crippen molar-refractivity contribution in [2.45, 2.75) is 25.4 Å². The summed E-state index contributed by atoms with van der Waals surface area (Å²) in [5, 5.41) is -0.527. The Hall–Kier alpha value is -1.79. The topological polar surface area (TPSA) is 50.3 Å². The maximum absolute atomic E-state index is 13.7. The van der Waals surface area contributed by atoms with Gasteiger partial charge >= 0.3 is 0 Å². The van der Waals surface area contributed by atoms with Crippen molar-refractivity contribution < 1.29 is 12.8 Å². The second-order valence-corrected chi connectivity index (χ2v) is 6.50. The lowest BCUT2D eigenvalue weighted by molar-refractivity contribution is 0.415. The number of hydrogen-bond acceptors (Lipinski definition) is 3. The minimum Gasteiger partial charge on any atom is -0.241 e. The van der Waals surface area contributed by atoms with Gasteiger partial charge in [0.05, 0.1) is 0 Å². The molecule has 0 N–H and O–H groups in total. The summed E-state index contributed by atoms with van der Waals surface area (Å²) < 4.78 is 40.0. The Labute approximate surface area is 124 Å². The highest BCUT2D eigenvalue weighted by atomic mass is 32.2. The van der Waals surface area contributed by atoms with Crippen LogP contribution in [0.25, 0.3) is 0 Å². The standard InChI is InChI=1S/C15H17FN2O2S/c1-3-18(11-13-8-5-4-7-12(13)2)21(19,20)15-14(16)9-6-10-17-15/h4-10H,3,11H2,1-2H3. The monoisotopic (exact) mass is 308 g/mol. The van der Waals surface area contributed by atoms with E-state index >= 15 is 0 Å². The third-order valence-electron chi connectivity index (χ3n) is 3.27. The van der Waals surface area contributed by atoms with Crippen molar-refractivity contribution in [2.24, 2.45) is 0 Å². The second-order valence-electron chi connectivity index (χ2n) is 4.65. The molecular weight excluding hydrogens is 291 g/mol. The summed E-state index contributed by atoms with van der Waals surface area (Å²) in [7, 11) is -3.95. The molecule has 0 fully saturated rings. The predicted octanol–water partition coefficient (Wildman–Crippen LogP) is 2.74. The van der Waals surface area contributed by atoms with Crippen molar-refractivity contribution in [1.29, 1.82) is 0 Å². The van der Waals surface area contributed by atoms with E-state index in [0.29, 0.717) is 0 Å². The molecule has 4 nitrogen and oxygen atoms in total. The normalized spacial score (nSPS) is 11.8. The molecule has 0 aliphatic carbocycles. The number of nitrogens with zero attached hydrogens (tertiary/aromatic N) is 2. The molecule has 21 heavy (non-hydrogen) atoms. The molecule has 0 saturated carbocycles. The zero-order valence-electron chi connectivity index (χ0n) is 12.0. The van der Waals surface area contributed by atoms with E-state index in [0.717, 1.165) is 17.2 Å². The van der Waals surface area contributed by atoms with Crippen LogP contribution in [-0.4, -0.2) is 24.3 Å². The SMILES string of the molecule is CCN(Cc1ccccc1C)S(=O)(=O)c1ncccc1F. The Kier molecular flexibility index (Phi) is 4.69. The molecule has 112 valence electrons. The minimum absolute atomic E-state index is 0.196. The number of sulfonamides is 1. The highest BCUT2D eigenvalue weighted by Crippen LogP contribution is 2.20. The fourth-order valence-electron chi connectivity index (χ4n) is 2.03. The predicted molar refractivity (Wildman–Crippen MR) is 78.6 cm³/mol. The molecule has 0 spiro atoms. The second kappa shape index (κ2) is 6.32. The largest absolute Gasteiger partial charge is 0.263 e. The highest BCUT2D eigenvalue weighted by Gasteiger charge is 2.27. The molecule has 0 radical (unpaired) electrons. The number of aromatic nitrogens is 1. The zero-order valence-corrected chi connectivity index (χ0v) is 12.8. The number of hydrogen-bond donors (Lipinski definition) is 0. The van der Waals surface area contributed by atoms with Crippen molar-refractivity contribution in [3.05, 3.63) is 59.5 Å². The summed E-state index contributed by atoms with van der Waals surface area (Å²) in [4.78, 5) is 3.68. The van der Waals surface area contributed by atoms with Gasteiger partial charge in [-0.3, -0.25) is 0 Å². The van der Waals surface area contributed by atoms with Crippen LogP contribution in [0.5, 0.6) is 0 Å². The fourth-order valence-corrected chi connectivity index (χ4v) is 3.43. The number of pyridine rings is 1. The van der Waals surface area contributed by atoms with E-state index < -0.39 is 20.9 Å². The molecule has 2 rings (SSSR count). The van der Waals surface area contributed by atoms with Crippen LogP contribution in [0.3, 0.4) is 0 Å². The van der Waals surface area contributed by atoms with E-state index in [9.17, 15) is 12.8 Å². The van der Waals surface area contributed by atoms with Crippen LogP contribution in [0.4, 0.5) is 4.39 Å². The van der Waals surface area contributed by atoms with Gasteiger partial charge in [-0.2, -0.15) is 4.31 Å². The highest BCUT2D eigenvalue weighted by molar-refractivity contribution is 7.89. The third kappa shape index (κ3) is 3.28. The van der Waals surface area contributed by atoms with Crippen molar-refractivity contribution in [3.8, 4) is 0 Å². The Balaban J connectivity index is 2.37.